The zero-order chi connectivity index (χ0) is 21.1. The number of fused-ring (bicyclic) bond motifs is 1. The summed E-state index contributed by atoms with van der Waals surface area (Å²) in [7, 11) is 0. The van der Waals surface area contributed by atoms with Crippen LogP contribution >= 0.6 is 0 Å². The molecule has 2 fully saturated rings. The predicted molar refractivity (Wildman–Crippen MR) is 117 cm³/mol. The van der Waals surface area contributed by atoms with Crippen LogP contribution in [-0.2, 0) is 22.5 Å². The highest BCUT2D eigenvalue weighted by atomic mass is 16.5. The van der Waals surface area contributed by atoms with Crippen LogP contribution in [0.5, 0.6) is 0 Å². The first-order chi connectivity index (χ1) is 14.6. The van der Waals surface area contributed by atoms with E-state index < -0.39 is 0 Å². The fourth-order valence-corrected chi connectivity index (χ4v) is 4.55. The first-order valence-electron chi connectivity index (χ1n) is 11.4. The minimum Gasteiger partial charge on any atom is -0.378 e. The second kappa shape index (κ2) is 9.29. The van der Waals surface area contributed by atoms with Crippen molar-refractivity contribution >= 4 is 22.8 Å². The van der Waals surface area contributed by atoms with Gasteiger partial charge in [0.15, 0.2) is 5.65 Å². The molecule has 8 heteroatoms. The summed E-state index contributed by atoms with van der Waals surface area (Å²) in [6.07, 6.45) is 6.56. The Hall–Kier alpha value is -2.22. The minimum absolute atomic E-state index is 0.160. The molecule has 2 aromatic rings. The van der Waals surface area contributed by atoms with Crippen LogP contribution in [0, 0.1) is 5.92 Å². The molecule has 0 spiro atoms. The van der Waals surface area contributed by atoms with Crippen LogP contribution in [-0.4, -0.2) is 69.4 Å². The summed E-state index contributed by atoms with van der Waals surface area (Å²) in [5, 5.41) is 5.97. The lowest BCUT2D eigenvalue weighted by molar-refractivity contribution is -0.136. The Bertz CT molecular complexity index is 874. The summed E-state index contributed by atoms with van der Waals surface area (Å²) in [5.74, 6) is 1.56. The van der Waals surface area contributed by atoms with Crippen molar-refractivity contribution in [3.63, 3.8) is 0 Å². The van der Waals surface area contributed by atoms with Crippen LogP contribution in [0.15, 0.2) is 6.33 Å². The van der Waals surface area contributed by atoms with Crippen molar-refractivity contribution in [2.45, 2.75) is 65.5 Å². The number of carbonyl (C=O) groups is 1. The summed E-state index contributed by atoms with van der Waals surface area (Å²) >= 11 is 0. The molecule has 8 nitrogen and oxygen atoms in total. The number of amides is 1. The molecule has 0 saturated carbocycles. The van der Waals surface area contributed by atoms with E-state index in [-0.39, 0.29) is 11.9 Å². The summed E-state index contributed by atoms with van der Waals surface area (Å²) in [4.78, 5) is 26.7. The van der Waals surface area contributed by atoms with Crippen LogP contribution < -0.4 is 4.90 Å². The number of morpholine rings is 1. The molecule has 0 aromatic carbocycles. The molecule has 2 saturated heterocycles. The number of anilines is 1. The summed E-state index contributed by atoms with van der Waals surface area (Å²) in [6, 6.07) is -0.160. The number of carbonyl (C=O) groups excluding carboxylic acids is 1. The fourth-order valence-electron chi connectivity index (χ4n) is 4.55. The van der Waals surface area contributed by atoms with Crippen LogP contribution in [0.2, 0.25) is 0 Å². The number of rotatable bonds is 7. The lowest BCUT2D eigenvalue weighted by atomic mass is 10.1. The number of hydrogen-bond acceptors (Lipinski definition) is 6. The topological polar surface area (TPSA) is 76.4 Å². The SMILES string of the molecule is CCCCn1nc(CC(C)C)c2c(N3CCC[C@H]3C(=O)N3CCOCC3)ncnc21. The van der Waals surface area contributed by atoms with Gasteiger partial charge in [-0.15, -0.1) is 0 Å². The number of ether oxygens (including phenoxy) is 1. The van der Waals surface area contributed by atoms with E-state index in [2.05, 4.69) is 30.7 Å². The molecule has 1 amide bonds. The van der Waals surface area contributed by atoms with Gasteiger partial charge in [0.2, 0.25) is 5.91 Å². The monoisotopic (exact) mass is 414 g/mol. The molecular weight excluding hydrogens is 380 g/mol. The molecule has 2 aliphatic heterocycles. The van der Waals surface area contributed by atoms with Gasteiger partial charge in [0, 0.05) is 26.2 Å². The number of nitrogens with zero attached hydrogens (tertiary/aromatic N) is 6. The molecular formula is C22H34N6O2. The number of hydrogen-bond donors (Lipinski definition) is 0. The van der Waals surface area contributed by atoms with Crippen molar-refractivity contribution in [3.05, 3.63) is 12.0 Å². The predicted octanol–water partition coefficient (Wildman–Crippen LogP) is 2.65. The van der Waals surface area contributed by atoms with Gasteiger partial charge >= 0.3 is 0 Å². The van der Waals surface area contributed by atoms with E-state index in [0.29, 0.717) is 32.2 Å². The second-order valence-corrected chi connectivity index (χ2v) is 8.81. The van der Waals surface area contributed by atoms with Crippen molar-refractivity contribution < 1.29 is 9.53 Å². The molecule has 4 heterocycles. The Morgan fingerprint density at radius 3 is 2.77 bits per heavy atom. The van der Waals surface area contributed by atoms with Crippen molar-refractivity contribution in [3.8, 4) is 0 Å². The standard InChI is InChI=1S/C22H34N6O2/c1-4-5-9-28-21-19(17(25-28)14-16(2)3)20(23-15-24-21)27-8-6-7-18(27)22(29)26-10-12-30-13-11-26/h15-16,18H,4-14H2,1-3H3/t18-/m0/s1. The van der Waals surface area contributed by atoms with Gasteiger partial charge in [-0.2, -0.15) is 5.10 Å². The molecule has 30 heavy (non-hydrogen) atoms. The van der Waals surface area contributed by atoms with E-state index in [1.165, 1.54) is 0 Å². The van der Waals surface area contributed by atoms with Gasteiger partial charge in [-0.25, -0.2) is 14.6 Å². The molecule has 0 aliphatic carbocycles. The Kier molecular flexibility index (Phi) is 6.51. The van der Waals surface area contributed by atoms with Crippen LogP contribution in [0.1, 0.15) is 52.1 Å². The third kappa shape index (κ3) is 4.15. The highest BCUT2D eigenvalue weighted by Crippen LogP contribution is 2.33. The van der Waals surface area contributed by atoms with E-state index in [0.717, 1.165) is 67.7 Å². The highest BCUT2D eigenvalue weighted by molar-refractivity contribution is 5.93. The molecule has 0 unspecified atom stereocenters. The van der Waals surface area contributed by atoms with E-state index >= 15 is 0 Å². The Morgan fingerprint density at radius 2 is 2.03 bits per heavy atom. The Labute approximate surface area is 178 Å². The number of aromatic nitrogens is 4. The molecule has 1 atom stereocenters. The average molecular weight is 415 g/mol. The maximum absolute atomic E-state index is 13.3. The Balaban J connectivity index is 1.71. The van der Waals surface area contributed by atoms with Crippen molar-refractivity contribution in [1.29, 1.82) is 0 Å². The number of unbranched alkanes of at least 4 members (excludes halogenated alkanes) is 1. The molecule has 0 N–H and O–H groups in total. The molecule has 0 radical (unpaired) electrons. The molecule has 2 aliphatic rings. The van der Waals surface area contributed by atoms with Crippen LogP contribution in [0.3, 0.4) is 0 Å². The molecule has 0 bridgehead atoms. The lowest BCUT2D eigenvalue weighted by Crippen LogP contribution is -2.50. The van der Waals surface area contributed by atoms with Crippen molar-refractivity contribution in [1.82, 2.24) is 24.6 Å². The maximum atomic E-state index is 13.3. The van der Waals surface area contributed by atoms with Gasteiger partial charge in [-0.3, -0.25) is 4.79 Å². The van der Waals surface area contributed by atoms with Crippen LogP contribution in [0.4, 0.5) is 5.82 Å². The third-order valence-electron chi connectivity index (χ3n) is 6.04. The number of aryl methyl sites for hydroxylation is 1. The zero-order valence-corrected chi connectivity index (χ0v) is 18.5. The van der Waals surface area contributed by atoms with Gasteiger partial charge in [-0.1, -0.05) is 27.2 Å². The van der Waals surface area contributed by atoms with E-state index in [9.17, 15) is 4.79 Å². The van der Waals surface area contributed by atoms with E-state index in [1.54, 1.807) is 6.33 Å². The normalized spacial score (nSPS) is 19.9. The van der Waals surface area contributed by atoms with E-state index in [1.807, 2.05) is 9.58 Å². The summed E-state index contributed by atoms with van der Waals surface area (Å²) in [6.45, 7) is 10.9. The van der Waals surface area contributed by atoms with Gasteiger partial charge in [0.1, 0.15) is 18.2 Å². The van der Waals surface area contributed by atoms with E-state index in [4.69, 9.17) is 14.8 Å². The maximum Gasteiger partial charge on any atom is 0.245 e. The fraction of sp³-hybridized carbons (Fsp3) is 0.727. The first kappa shape index (κ1) is 21.0. The zero-order valence-electron chi connectivity index (χ0n) is 18.5. The van der Waals surface area contributed by atoms with Gasteiger partial charge in [0.25, 0.3) is 0 Å². The van der Waals surface area contributed by atoms with Crippen molar-refractivity contribution in [2.24, 2.45) is 5.92 Å². The first-order valence-corrected chi connectivity index (χ1v) is 11.4. The molecule has 2 aromatic heterocycles. The summed E-state index contributed by atoms with van der Waals surface area (Å²) in [5.41, 5.74) is 1.95. The lowest BCUT2D eigenvalue weighted by Gasteiger charge is -2.33. The summed E-state index contributed by atoms with van der Waals surface area (Å²) < 4.78 is 7.47. The quantitative estimate of drug-likeness (QED) is 0.693. The van der Waals surface area contributed by atoms with Crippen LogP contribution in [0.25, 0.3) is 11.0 Å². The smallest absolute Gasteiger partial charge is 0.245 e. The van der Waals surface area contributed by atoms with Gasteiger partial charge in [0.05, 0.1) is 24.3 Å². The molecule has 4 rings (SSSR count). The highest BCUT2D eigenvalue weighted by Gasteiger charge is 2.36. The third-order valence-corrected chi connectivity index (χ3v) is 6.04. The van der Waals surface area contributed by atoms with Gasteiger partial charge < -0.3 is 14.5 Å². The largest absolute Gasteiger partial charge is 0.378 e. The van der Waals surface area contributed by atoms with Crippen molar-refractivity contribution in [2.75, 3.05) is 37.7 Å². The van der Waals surface area contributed by atoms with Gasteiger partial charge in [-0.05, 0) is 31.6 Å². The minimum atomic E-state index is -0.160. The second-order valence-electron chi connectivity index (χ2n) is 8.81. The Morgan fingerprint density at radius 1 is 1.23 bits per heavy atom. The molecule has 164 valence electrons. The average Bonchev–Trinajstić information content (AvgIpc) is 3.37.